The number of carbonyl (C=O) groups is 1. The van der Waals surface area contributed by atoms with Crippen LogP contribution in [0.2, 0.25) is 0 Å². The first-order chi connectivity index (χ1) is 10.3. The van der Waals surface area contributed by atoms with Gasteiger partial charge in [-0.1, -0.05) is 12.1 Å². The van der Waals surface area contributed by atoms with Crippen LogP contribution < -0.4 is 5.32 Å². The molecule has 1 aromatic heterocycles. The largest absolute Gasteiger partial charge is 0.326 e. The first kappa shape index (κ1) is 16.2. The molecule has 1 heterocycles. The molecule has 0 saturated heterocycles. The quantitative estimate of drug-likeness (QED) is 0.813. The molecular formula is C14H17N3O4S. The Hall–Kier alpha value is -2.19. The van der Waals surface area contributed by atoms with E-state index < -0.39 is 10.1 Å². The number of hydrogen-bond donors (Lipinski definition) is 1. The zero-order valence-electron chi connectivity index (χ0n) is 12.3. The van der Waals surface area contributed by atoms with Gasteiger partial charge in [0.1, 0.15) is 0 Å². The van der Waals surface area contributed by atoms with Gasteiger partial charge in [0.15, 0.2) is 0 Å². The van der Waals surface area contributed by atoms with E-state index in [4.69, 9.17) is 0 Å². The maximum atomic E-state index is 11.1. The third-order valence-corrected chi connectivity index (χ3v) is 3.36. The zero-order chi connectivity index (χ0) is 16.2. The predicted molar refractivity (Wildman–Crippen MR) is 82.8 cm³/mol. The van der Waals surface area contributed by atoms with Crippen molar-refractivity contribution in [3.63, 3.8) is 0 Å². The molecule has 0 spiro atoms. The summed E-state index contributed by atoms with van der Waals surface area (Å²) in [7, 11) is -3.44. The Morgan fingerprint density at radius 3 is 2.82 bits per heavy atom. The summed E-state index contributed by atoms with van der Waals surface area (Å²) < 4.78 is 28.1. The monoisotopic (exact) mass is 323 g/mol. The standard InChI is InChI=1S/C14H17N3O4S/c1-11(18)16-14-5-3-4-12(8-14)13-9-15-17(10-13)6-7-21-22(2,19)20/h3-5,8-10H,6-7H2,1-2H3,(H,16,18). The molecule has 1 N–H and O–H groups in total. The molecule has 0 saturated carbocycles. The smallest absolute Gasteiger partial charge is 0.264 e. The van der Waals surface area contributed by atoms with Gasteiger partial charge >= 0.3 is 0 Å². The number of aromatic nitrogens is 2. The van der Waals surface area contributed by atoms with Gasteiger partial charge in [0, 0.05) is 24.4 Å². The van der Waals surface area contributed by atoms with Crippen molar-refractivity contribution in [3.05, 3.63) is 36.7 Å². The van der Waals surface area contributed by atoms with Gasteiger partial charge in [-0.3, -0.25) is 13.7 Å². The summed E-state index contributed by atoms with van der Waals surface area (Å²) in [4.78, 5) is 11.1. The van der Waals surface area contributed by atoms with E-state index in [2.05, 4.69) is 14.6 Å². The molecule has 22 heavy (non-hydrogen) atoms. The average Bonchev–Trinajstić information content (AvgIpc) is 2.85. The van der Waals surface area contributed by atoms with Gasteiger partial charge in [-0.2, -0.15) is 13.5 Å². The third-order valence-electron chi connectivity index (χ3n) is 2.77. The Morgan fingerprint density at radius 1 is 1.36 bits per heavy atom. The van der Waals surface area contributed by atoms with E-state index in [0.717, 1.165) is 17.4 Å². The number of benzene rings is 1. The lowest BCUT2D eigenvalue weighted by Crippen LogP contribution is -2.10. The SMILES string of the molecule is CC(=O)Nc1cccc(-c2cnn(CCOS(C)(=O)=O)c2)c1. The number of amides is 1. The maximum absolute atomic E-state index is 11.1. The Morgan fingerprint density at radius 2 is 2.14 bits per heavy atom. The van der Waals surface area contributed by atoms with E-state index in [1.165, 1.54) is 6.92 Å². The lowest BCUT2D eigenvalue weighted by atomic mass is 10.1. The van der Waals surface area contributed by atoms with E-state index in [-0.39, 0.29) is 12.5 Å². The Bertz CT molecular complexity index is 768. The second-order valence-electron chi connectivity index (χ2n) is 4.78. The van der Waals surface area contributed by atoms with Crippen LogP contribution >= 0.6 is 0 Å². The van der Waals surface area contributed by atoms with E-state index in [1.54, 1.807) is 23.1 Å². The number of nitrogens with one attached hydrogen (secondary N) is 1. The van der Waals surface area contributed by atoms with Crippen molar-refractivity contribution in [2.24, 2.45) is 0 Å². The Labute approximate surface area is 129 Å². The van der Waals surface area contributed by atoms with Crippen LogP contribution in [0.5, 0.6) is 0 Å². The molecule has 0 bridgehead atoms. The van der Waals surface area contributed by atoms with Crippen LogP contribution in [-0.2, 0) is 25.6 Å². The molecule has 0 fully saturated rings. The molecule has 7 nitrogen and oxygen atoms in total. The molecule has 1 aromatic carbocycles. The summed E-state index contributed by atoms with van der Waals surface area (Å²) in [5, 5.41) is 6.88. The number of nitrogens with zero attached hydrogens (tertiary/aromatic N) is 2. The van der Waals surface area contributed by atoms with Crippen molar-refractivity contribution < 1.29 is 17.4 Å². The normalized spacial score (nSPS) is 11.4. The average molecular weight is 323 g/mol. The molecule has 0 aliphatic heterocycles. The highest BCUT2D eigenvalue weighted by atomic mass is 32.2. The van der Waals surface area contributed by atoms with Gasteiger partial charge in [0.25, 0.3) is 10.1 Å². The number of hydrogen-bond acceptors (Lipinski definition) is 5. The second-order valence-corrected chi connectivity index (χ2v) is 6.42. The summed E-state index contributed by atoms with van der Waals surface area (Å²) >= 11 is 0. The highest BCUT2D eigenvalue weighted by Gasteiger charge is 2.05. The molecule has 8 heteroatoms. The van der Waals surface area contributed by atoms with Crippen molar-refractivity contribution in [2.75, 3.05) is 18.2 Å². The highest BCUT2D eigenvalue weighted by molar-refractivity contribution is 7.85. The second kappa shape index (κ2) is 6.71. The van der Waals surface area contributed by atoms with Crippen LogP contribution in [0.3, 0.4) is 0 Å². The van der Waals surface area contributed by atoms with Gasteiger partial charge in [0.2, 0.25) is 5.91 Å². The topological polar surface area (TPSA) is 90.3 Å². The molecule has 2 rings (SSSR count). The van der Waals surface area contributed by atoms with E-state index >= 15 is 0 Å². The number of carbonyl (C=O) groups excluding carboxylic acids is 1. The minimum atomic E-state index is -3.44. The molecule has 0 atom stereocenters. The van der Waals surface area contributed by atoms with E-state index in [1.807, 2.05) is 18.2 Å². The molecule has 0 aliphatic rings. The van der Waals surface area contributed by atoms with Crippen molar-refractivity contribution in [3.8, 4) is 11.1 Å². The molecule has 118 valence electrons. The molecule has 0 radical (unpaired) electrons. The number of rotatable bonds is 6. The first-order valence-electron chi connectivity index (χ1n) is 6.58. The van der Waals surface area contributed by atoms with Crippen molar-refractivity contribution in [2.45, 2.75) is 13.5 Å². The van der Waals surface area contributed by atoms with Crippen LogP contribution in [0.1, 0.15) is 6.92 Å². The molecule has 0 aliphatic carbocycles. The number of anilines is 1. The van der Waals surface area contributed by atoms with Gasteiger partial charge in [-0.25, -0.2) is 0 Å². The van der Waals surface area contributed by atoms with Gasteiger partial charge in [0.05, 0.1) is 25.6 Å². The van der Waals surface area contributed by atoms with Gasteiger partial charge in [-0.05, 0) is 17.7 Å². The van der Waals surface area contributed by atoms with E-state index in [9.17, 15) is 13.2 Å². The zero-order valence-corrected chi connectivity index (χ0v) is 13.1. The van der Waals surface area contributed by atoms with E-state index in [0.29, 0.717) is 12.2 Å². The lowest BCUT2D eigenvalue weighted by molar-refractivity contribution is -0.114. The molecule has 2 aromatic rings. The fourth-order valence-electron chi connectivity index (χ4n) is 1.90. The summed E-state index contributed by atoms with van der Waals surface area (Å²) in [5.41, 5.74) is 2.48. The summed E-state index contributed by atoms with van der Waals surface area (Å²) in [6.07, 6.45) is 4.47. The van der Waals surface area contributed by atoms with Crippen LogP contribution in [0, 0.1) is 0 Å². The van der Waals surface area contributed by atoms with Crippen molar-refractivity contribution in [1.29, 1.82) is 0 Å². The van der Waals surface area contributed by atoms with Crippen LogP contribution in [-0.4, -0.2) is 37.0 Å². The van der Waals surface area contributed by atoms with Gasteiger partial charge in [-0.15, -0.1) is 0 Å². The Balaban J connectivity index is 2.06. The minimum Gasteiger partial charge on any atom is -0.326 e. The molecular weight excluding hydrogens is 306 g/mol. The molecule has 1 amide bonds. The predicted octanol–water partition coefficient (Wildman–Crippen LogP) is 1.48. The Kier molecular flexibility index (Phi) is 4.94. The van der Waals surface area contributed by atoms with Crippen LogP contribution in [0.25, 0.3) is 11.1 Å². The minimum absolute atomic E-state index is 0.0336. The van der Waals surface area contributed by atoms with Crippen molar-refractivity contribution in [1.82, 2.24) is 9.78 Å². The summed E-state index contributed by atoms with van der Waals surface area (Å²) in [6, 6.07) is 7.38. The summed E-state index contributed by atoms with van der Waals surface area (Å²) in [6.45, 7) is 1.82. The van der Waals surface area contributed by atoms with Crippen molar-refractivity contribution >= 4 is 21.7 Å². The fraction of sp³-hybridized carbons (Fsp3) is 0.286. The highest BCUT2D eigenvalue weighted by Crippen LogP contribution is 2.22. The molecule has 0 unspecified atom stereocenters. The fourth-order valence-corrected chi connectivity index (χ4v) is 2.27. The maximum Gasteiger partial charge on any atom is 0.264 e. The third kappa shape index (κ3) is 4.97. The van der Waals surface area contributed by atoms with Crippen LogP contribution in [0.15, 0.2) is 36.7 Å². The lowest BCUT2D eigenvalue weighted by Gasteiger charge is -2.04. The van der Waals surface area contributed by atoms with Gasteiger partial charge < -0.3 is 5.32 Å². The first-order valence-corrected chi connectivity index (χ1v) is 8.40. The van der Waals surface area contributed by atoms with Crippen LogP contribution in [0.4, 0.5) is 5.69 Å². The summed E-state index contributed by atoms with van der Waals surface area (Å²) in [5.74, 6) is -0.134.